The fourth-order valence-electron chi connectivity index (χ4n) is 0.935. The molecular formula is C13H25NO. The maximum Gasteiger partial charge on any atom is 0.154 e. The van der Waals surface area contributed by atoms with Gasteiger partial charge in [0, 0.05) is 17.8 Å². The molecule has 0 aromatic rings. The first-order valence-electron chi connectivity index (χ1n) is 5.71. The first kappa shape index (κ1) is 16.4. The third-order valence-corrected chi connectivity index (χ3v) is 1.35. The Balaban J connectivity index is 0. The minimum Gasteiger partial charge on any atom is -0.383 e. The summed E-state index contributed by atoms with van der Waals surface area (Å²) in [5, 5.41) is 3.20. The highest BCUT2D eigenvalue weighted by Gasteiger charge is 1.96. The van der Waals surface area contributed by atoms with Crippen molar-refractivity contribution in [3.8, 4) is 0 Å². The molecule has 0 aliphatic rings. The summed E-state index contributed by atoms with van der Waals surface area (Å²) in [6.45, 7) is 11.7. The zero-order chi connectivity index (χ0) is 12.3. The second kappa shape index (κ2) is 11.0. The molecule has 15 heavy (non-hydrogen) atoms. The molecule has 0 aromatic heterocycles. The fraction of sp³-hybridized carbons (Fsp3) is 0.615. The van der Waals surface area contributed by atoms with E-state index >= 15 is 0 Å². The lowest BCUT2D eigenvalue weighted by molar-refractivity contribution is -0.112. The zero-order valence-corrected chi connectivity index (χ0v) is 10.9. The van der Waals surface area contributed by atoms with Crippen LogP contribution in [0.25, 0.3) is 0 Å². The van der Waals surface area contributed by atoms with Gasteiger partial charge in [-0.2, -0.15) is 0 Å². The molecule has 0 spiro atoms. The normalized spacial score (nSPS) is 11.3. The van der Waals surface area contributed by atoms with Crippen molar-refractivity contribution in [1.29, 1.82) is 0 Å². The molecule has 0 saturated carbocycles. The predicted molar refractivity (Wildman–Crippen MR) is 67.8 cm³/mol. The van der Waals surface area contributed by atoms with Crippen LogP contribution in [0.4, 0.5) is 0 Å². The van der Waals surface area contributed by atoms with Crippen molar-refractivity contribution in [2.75, 3.05) is 0 Å². The number of ketones is 1. The average Bonchev–Trinajstić information content (AvgIpc) is 2.15. The Kier molecular flexibility index (Phi) is 12.0. The van der Waals surface area contributed by atoms with Gasteiger partial charge in [0.25, 0.3) is 0 Å². The molecule has 0 bridgehead atoms. The van der Waals surface area contributed by atoms with Gasteiger partial charge in [-0.1, -0.05) is 26.8 Å². The summed E-state index contributed by atoms with van der Waals surface area (Å²) in [6.07, 6.45) is 6.58. The van der Waals surface area contributed by atoms with Gasteiger partial charge in [-0.05, 0) is 33.3 Å². The topological polar surface area (TPSA) is 29.1 Å². The number of hydrogen-bond acceptors (Lipinski definition) is 2. The van der Waals surface area contributed by atoms with Crippen molar-refractivity contribution in [2.45, 2.75) is 54.0 Å². The van der Waals surface area contributed by atoms with E-state index in [9.17, 15) is 4.79 Å². The molecule has 2 heteroatoms. The van der Waals surface area contributed by atoms with Crippen molar-refractivity contribution in [2.24, 2.45) is 0 Å². The lowest BCUT2D eigenvalue weighted by atomic mass is 10.2. The van der Waals surface area contributed by atoms with E-state index in [1.807, 2.05) is 39.8 Å². The number of allylic oxidation sites excluding steroid dienone is 3. The van der Waals surface area contributed by atoms with Gasteiger partial charge < -0.3 is 5.32 Å². The van der Waals surface area contributed by atoms with Crippen LogP contribution in [0.1, 0.15) is 48.0 Å². The Morgan fingerprint density at radius 1 is 1.33 bits per heavy atom. The van der Waals surface area contributed by atoms with Gasteiger partial charge in [-0.3, -0.25) is 4.79 Å². The number of carbonyl (C=O) groups is 1. The second-order valence-electron chi connectivity index (χ2n) is 3.32. The molecule has 88 valence electrons. The van der Waals surface area contributed by atoms with E-state index in [4.69, 9.17) is 0 Å². The average molecular weight is 211 g/mol. The number of rotatable bonds is 5. The molecule has 0 unspecified atom stereocenters. The Labute approximate surface area is 94.5 Å². The molecule has 0 atom stereocenters. The summed E-state index contributed by atoms with van der Waals surface area (Å²) in [7, 11) is 0. The number of nitrogens with one attached hydrogen (secondary N) is 1. The molecule has 0 amide bonds. The van der Waals surface area contributed by atoms with E-state index in [1.54, 1.807) is 13.0 Å². The van der Waals surface area contributed by atoms with Gasteiger partial charge in [0.15, 0.2) is 5.78 Å². The van der Waals surface area contributed by atoms with Crippen molar-refractivity contribution in [3.63, 3.8) is 0 Å². The van der Waals surface area contributed by atoms with Gasteiger partial charge in [0.05, 0.1) is 0 Å². The number of carbonyl (C=O) groups excluding carboxylic acids is 1. The van der Waals surface area contributed by atoms with Crippen LogP contribution in [-0.4, -0.2) is 11.8 Å². The largest absolute Gasteiger partial charge is 0.383 e. The highest BCUT2D eigenvalue weighted by atomic mass is 16.1. The van der Waals surface area contributed by atoms with Crippen LogP contribution in [0, 0.1) is 0 Å². The lowest BCUT2D eigenvalue weighted by Gasteiger charge is -2.10. The quantitative estimate of drug-likeness (QED) is 0.557. The molecule has 0 rings (SSSR count). The summed E-state index contributed by atoms with van der Waals surface area (Å²) in [6, 6.07) is 0.354. The van der Waals surface area contributed by atoms with Gasteiger partial charge >= 0.3 is 0 Å². The molecule has 0 fully saturated rings. The summed E-state index contributed by atoms with van der Waals surface area (Å²) in [5.41, 5.74) is 0.893. The molecule has 0 saturated heterocycles. The van der Waals surface area contributed by atoms with Gasteiger partial charge in [0.2, 0.25) is 0 Å². The summed E-state index contributed by atoms with van der Waals surface area (Å²) in [5.74, 6) is 0.0731. The second-order valence-corrected chi connectivity index (χ2v) is 3.32. The van der Waals surface area contributed by atoms with E-state index in [0.717, 1.165) is 12.1 Å². The SMILES string of the molecule is CC.CC/C=C/C(=C/C(C)=O)NC(C)C. The van der Waals surface area contributed by atoms with Crippen molar-refractivity contribution >= 4 is 5.78 Å². The van der Waals surface area contributed by atoms with Crippen LogP contribution in [0.15, 0.2) is 23.9 Å². The Morgan fingerprint density at radius 2 is 1.87 bits per heavy atom. The first-order valence-corrected chi connectivity index (χ1v) is 5.71. The molecule has 0 aliphatic heterocycles. The third-order valence-electron chi connectivity index (χ3n) is 1.35. The Bertz CT molecular complexity index is 215. The highest BCUT2D eigenvalue weighted by molar-refractivity contribution is 5.88. The van der Waals surface area contributed by atoms with E-state index < -0.39 is 0 Å². The smallest absolute Gasteiger partial charge is 0.154 e. The molecule has 0 heterocycles. The monoisotopic (exact) mass is 211 g/mol. The summed E-state index contributed by atoms with van der Waals surface area (Å²) >= 11 is 0. The summed E-state index contributed by atoms with van der Waals surface area (Å²) in [4.78, 5) is 10.8. The van der Waals surface area contributed by atoms with E-state index in [1.165, 1.54) is 0 Å². The van der Waals surface area contributed by atoms with Crippen molar-refractivity contribution in [1.82, 2.24) is 5.32 Å². The lowest BCUT2D eigenvalue weighted by Crippen LogP contribution is -2.21. The van der Waals surface area contributed by atoms with Crippen molar-refractivity contribution < 1.29 is 4.79 Å². The van der Waals surface area contributed by atoms with Crippen molar-refractivity contribution in [3.05, 3.63) is 23.9 Å². The molecule has 0 aromatic carbocycles. The zero-order valence-electron chi connectivity index (χ0n) is 10.9. The van der Waals surface area contributed by atoms with Gasteiger partial charge in [-0.15, -0.1) is 0 Å². The van der Waals surface area contributed by atoms with Gasteiger partial charge in [-0.25, -0.2) is 0 Å². The molecular weight excluding hydrogens is 186 g/mol. The van der Waals surface area contributed by atoms with E-state index in [-0.39, 0.29) is 5.78 Å². The third kappa shape index (κ3) is 12.9. The summed E-state index contributed by atoms with van der Waals surface area (Å²) < 4.78 is 0. The molecule has 0 radical (unpaired) electrons. The molecule has 2 nitrogen and oxygen atoms in total. The molecule has 1 N–H and O–H groups in total. The van der Waals surface area contributed by atoms with Crippen LogP contribution in [0.3, 0.4) is 0 Å². The predicted octanol–water partition coefficient (Wildman–Crippen LogP) is 3.45. The van der Waals surface area contributed by atoms with Crippen LogP contribution >= 0.6 is 0 Å². The Morgan fingerprint density at radius 3 is 2.20 bits per heavy atom. The Hall–Kier alpha value is -1.05. The minimum absolute atomic E-state index is 0.0731. The molecule has 0 aliphatic carbocycles. The first-order chi connectivity index (χ1) is 7.06. The fourth-order valence-corrected chi connectivity index (χ4v) is 0.935. The number of hydrogen-bond donors (Lipinski definition) is 1. The maximum absolute atomic E-state index is 10.8. The minimum atomic E-state index is 0.0731. The maximum atomic E-state index is 10.8. The van der Waals surface area contributed by atoms with Crippen LogP contribution in [0.2, 0.25) is 0 Å². The van der Waals surface area contributed by atoms with E-state index in [2.05, 4.69) is 12.2 Å². The van der Waals surface area contributed by atoms with Crippen LogP contribution in [-0.2, 0) is 4.79 Å². The highest BCUT2D eigenvalue weighted by Crippen LogP contribution is 1.96. The van der Waals surface area contributed by atoms with Crippen LogP contribution in [0.5, 0.6) is 0 Å². The van der Waals surface area contributed by atoms with Gasteiger partial charge in [0.1, 0.15) is 0 Å². The standard InChI is InChI=1S/C11H19NO.C2H6/c1-5-6-7-11(8-10(4)13)12-9(2)3;1-2/h6-9,12H,5H2,1-4H3;1-2H3/b7-6+,11-8-;. The van der Waals surface area contributed by atoms with Crippen LogP contribution < -0.4 is 5.32 Å². The van der Waals surface area contributed by atoms with E-state index in [0.29, 0.717) is 6.04 Å².